The van der Waals surface area contributed by atoms with Crippen molar-refractivity contribution in [1.82, 2.24) is 19.5 Å². The molecule has 0 radical (unpaired) electrons. The number of anilines is 3. The maximum absolute atomic E-state index is 14.9. The van der Waals surface area contributed by atoms with Gasteiger partial charge in [0.15, 0.2) is 5.65 Å². The lowest BCUT2D eigenvalue weighted by atomic mass is 9.85. The van der Waals surface area contributed by atoms with E-state index >= 15 is 0 Å². The van der Waals surface area contributed by atoms with Crippen LogP contribution in [0, 0.1) is 23.1 Å². The lowest BCUT2D eigenvalue weighted by Gasteiger charge is -2.29. The Morgan fingerprint density at radius 3 is 2.62 bits per heavy atom. The number of primary amides is 1. The minimum atomic E-state index is -0.681. The average molecular weight is 527 g/mol. The van der Waals surface area contributed by atoms with E-state index in [9.17, 15) is 14.3 Å². The van der Waals surface area contributed by atoms with Gasteiger partial charge in [-0.15, -0.1) is 0 Å². The summed E-state index contributed by atoms with van der Waals surface area (Å²) in [5, 5.41) is 25.8. The van der Waals surface area contributed by atoms with Gasteiger partial charge in [-0.05, 0) is 50.7 Å². The van der Waals surface area contributed by atoms with Gasteiger partial charge in [-0.3, -0.25) is 9.36 Å². The van der Waals surface area contributed by atoms with Crippen molar-refractivity contribution < 1.29 is 14.3 Å². The van der Waals surface area contributed by atoms with Gasteiger partial charge in [-0.2, -0.15) is 10.2 Å². The summed E-state index contributed by atoms with van der Waals surface area (Å²) in [6, 6.07) is 4.16. The Hall–Kier alpha value is -3.49. The maximum atomic E-state index is 14.9. The maximum Gasteiger partial charge on any atom is 0.225 e. The molecule has 2 saturated carbocycles. The van der Waals surface area contributed by atoms with Crippen LogP contribution in [0.4, 0.5) is 22.0 Å². The Morgan fingerprint density at radius 1 is 1.19 bits per heavy atom. The molecule has 5 N–H and O–H groups in total. The fourth-order valence-electron chi connectivity index (χ4n) is 5.33. The molecule has 12 heteroatoms. The van der Waals surface area contributed by atoms with E-state index in [0.717, 1.165) is 31.7 Å². The summed E-state index contributed by atoms with van der Waals surface area (Å²) in [5.41, 5.74) is 6.68. The predicted octanol–water partition coefficient (Wildman–Crippen LogP) is 4.17. The second kappa shape index (κ2) is 10.5. The second-order valence-corrected chi connectivity index (χ2v) is 10.2. The molecule has 1 aromatic carbocycles. The van der Waals surface area contributed by atoms with Crippen molar-refractivity contribution >= 4 is 46.3 Å². The van der Waals surface area contributed by atoms with Crippen LogP contribution in [-0.2, 0) is 4.79 Å². The molecule has 2 fully saturated rings. The molecule has 2 atom stereocenters. The van der Waals surface area contributed by atoms with E-state index in [0.29, 0.717) is 48.7 Å². The number of benzene rings is 1. The van der Waals surface area contributed by atoms with Crippen LogP contribution in [0.25, 0.3) is 11.2 Å². The van der Waals surface area contributed by atoms with Crippen molar-refractivity contribution in [3.63, 3.8) is 0 Å². The quantitative estimate of drug-likeness (QED) is 0.373. The van der Waals surface area contributed by atoms with Crippen LogP contribution in [0.5, 0.6) is 0 Å². The van der Waals surface area contributed by atoms with E-state index in [1.54, 1.807) is 6.20 Å². The van der Waals surface area contributed by atoms with Gasteiger partial charge < -0.3 is 21.5 Å². The smallest absolute Gasteiger partial charge is 0.225 e. The van der Waals surface area contributed by atoms with Crippen LogP contribution in [0.1, 0.15) is 63.0 Å². The topological polar surface area (TPSA) is 155 Å². The van der Waals surface area contributed by atoms with Gasteiger partial charge in [-0.25, -0.2) is 14.4 Å². The molecule has 3 aromatic rings. The normalized spacial score (nSPS) is 23.9. The van der Waals surface area contributed by atoms with Crippen molar-refractivity contribution in [2.75, 3.05) is 10.6 Å². The largest absolute Gasteiger partial charge is 0.391 e. The molecule has 5 rings (SSSR count). The summed E-state index contributed by atoms with van der Waals surface area (Å²) in [7, 11) is 0. The van der Waals surface area contributed by atoms with Crippen LogP contribution >= 0.6 is 11.6 Å². The third-order valence-electron chi connectivity index (χ3n) is 7.35. The number of hydrogen-bond donors (Lipinski definition) is 4. The fourth-order valence-corrected chi connectivity index (χ4v) is 5.58. The summed E-state index contributed by atoms with van der Waals surface area (Å²) >= 11 is 6.30. The number of rotatable bonds is 6. The van der Waals surface area contributed by atoms with Crippen LogP contribution in [0.15, 0.2) is 18.3 Å². The summed E-state index contributed by atoms with van der Waals surface area (Å²) in [5.74, 6) is -0.474. The molecule has 0 aliphatic heterocycles. The van der Waals surface area contributed by atoms with E-state index in [2.05, 4.69) is 20.6 Å². The number of hydrogen-bond acceptors (Lipinski definition) is 8. The van der Waals surface area contributed by atoms with Crippen molar-refractivity contribution in [3.8, 4) is 6.07 Å². The number of imidazole rings is 1. The molecule has 194 valence electrons. The minimum Gasteiger partial charge on any atom is -0.391 e. The summed E-state index contributed by atoms with van der Waals surface area (Å²) < 4.78 is 16.8. The Kier molecular flexibility index (Phi) is 7.13. The molecule has 0 spiro atoms. The molecule has 0 saturated heterocycles. The first-order valence-electron chi connectivity index (χ1n) is 12.5. The molecule has 1 amide bonds. The van der Waals surface area contributed by atoms with E-state index in [1.165, 1.54) is 6.07 Å². The highest BCUT2D eigenvalue weighted by Gasteiger charge is 2.30. The Bertz CT molecular complexity index is 1340. The van der Waals surface area contributed by atoms with Gasteiger partial charge in [0, 0.05) is 12.0 Å². The first-order chi connectivity index (χ1) is 17.8. The van der Waals surface area contributed by atoms with Crippen molar-refractivity contribution in [1.29, 1.82) is 5.26 Å². The van der Waals surface area contributed by atoms with Gasteiger partial charge in [-0.1, -0.05) is 24.4 Å². The summed E-state index contributed by atoms with van der Waals surface area (Å²) in [6.45, 7) is 0. The first-order valence-corrected chi connectivity index (χ1v) is 12.9. The van der Waals surface area contributed by atoms with E-state index < -0.39 is 11.9 Å². The third kappa shape index (κ3) is 5.17. The summed E-state index contributed by atoms with van der Waals surface area (Å²) in [4.78, 5) is 25.5. The fraction of sp³-hybridized carbons (Fsp3) is 0.480. The zero-order valence-electron chi connectivity index (χ0n) is 20.1. The Morgan fingerprint density at radius 2 is 1.95 bits per heavy atom. The molecule has 0 bridgehead atoms. The number of amides is 1. The number of nitriles is 1. The number of aromatic nitrogens is 4. The molecule has 2 aliphatic carbocycles. The molecule has 37 heavy (non-hydrogen) atoms. The third-order valence-corrected chi connectivity index (χ3v) is 7.65. The number of fused-ring (bicyclic) bond motifs is 1. The van der Waals surface area contributed by atoms with Crippen molar-refractivity contribution in [3.05, 3.63) is 34.7 Å². The van der Waals surface area contributed by atoms with Crippen molar-refractivity contribution in [2.45, 2.75) is 69.6 Å². The highest BCUT2D eigenvalue weighted by molar-refractivity contribution is 6.33. The second-order valence-electron chi connectivity index (χ2n) is 9.77. The number of aliphatic hydroxyl groups is 1. The number of nitrogens with one attached hydrogen (secondary N) is 2. The van der Waals surface area contributed by atoms with Gasteiger partial charge in [0.2, 0.25) is 17.8 Å². The summed E-state index contributed by atoms with van der Waals surface area (Å²) in [6.07, 6.45) is 7.23. The lowest BCUT2D eigenvalue weighted by molar-refractivity contribution is -0.122. The molecule has 2 heterocycles. The van der Waals surface area contributed by atoms with Crippen LogP contribution in [-0.4, -0.2) is 42.7 Å². The molecule has 10 nitrogen and oxygen atoms in total. The first kappa shape index (κ1) is 25.2. The Labute approximate surface area is 218 Å². The lowest BCUT2D eigenvalue weighted by Crippen LogP contribution is -2.36. The number of nitrogens with zero attached hydrogens (tertiary/aromatic N) is 5. The molecule has 2 aromatic heterocycles. The molecular formula is C25H28ClFN8O2. The SMILES string of the molecule is N#Cc1cc(F)c(Nc2nc3cnc(N[C@H]4CCCC[C@H]4O)nc3n2[C@H]2CC[C@H](C(N)=O)CC2)c(Cl)c1. The number of aliphatic hydroxyl groups excluding tert-OH is 1. The predicted molar refractivity (Wildman–Crippen MR) is 137 cm³/mol. The number of carbonyl (C=O) groups excluding carboxylic acids is 1. The highest BCUT2D eigenvalue weighted by atomic mass is 35.5. The monoisotopic (exact) mass is 526 g/mol. The van der Waals surface area contributed by atoms with Gasteiger partial charge in [0.25, 0.3) is 0 Å². The van der Waals surface area contributed by atoms with E-state index in [4.69, 9.17) is 27.6 Å². The van der Waals surface area contributed by atoms with Crippen LogP contribution < -0.4 is 16.4 Å². The zero-order chi connectivity index (χ0) is 26.1. The van der Waals surface area contributed by atoms with E-state index in [-0.39, 0.29) is 40.2 Å². The number of carbonyl (C=O) groups is 1. The van der Waals surface area contributed by atoms with Crippen LogP contribution in [0.3, 0.4) is 0 Å². The number of nitrogens with two attached hydrogens (primary N) is 1. The molecule has 0 unspecified atom stereocenters. The zero-order valence-corrected chi connectivity index (χ0v) is 20.9. The van der Waals surface area contributed by atoms with Crippen LogP contribution in [0.2, 0.25) is 5.02 Å². The van der Waals surface area contributed by atoms with Gasteiger partial charge >= 0.3 is 0 Å². The van der Waals surface area contributed by atoms with Gasteiger partial charge in [0.1, 0.15) is 11.3 Å². The standard InChI is InChI=1S/C25H28ClFN8O2/c26-16-9-13(11-28)10-17(27)21(16)33-25-32-19-12-30-24(31-18-3-1-2-4-20(18)36)34-23(19)35(25)15-7-5-14(6-8-15)22(29)37/h9-10,12,14-15,18,20,36H,1-8H2,(H2,29,37)(H,32,33)(H,30,31,34)/t14-,15-,18-,20+/m0/s1. The minimum absolute atomic E-state index is 0.000296. The average Bonchev–Trinajstić information content (AvgIpc) is 3.24. The van der Waals surface area contributed by atoms with E-state index in [1.807, 2.05) is 10.6 Å². The molecule has 2 aliphatic rings. The number of halogens is 2. The Balaban J connectivity index is 1.53. The van der Waals surface area contributed by atoms with Gasteiger partial charge in [0.05, 0.1) is 40.7 Å². The highest BCUT2D eigenvalue weighted by Crippen LogP contribution is 2.38. The molecular weight excluding hydrogens is 499 g/mol. The van der Waals surface area contributed by atoms with Crippen molar-refractivity contribution in [2.24, 2.45) is 11.7 Å².